The van der Waals surface area contributed by atoms with Gasteiger partial charge in [-0.05, 0) is 48.9 Å². The van der Waals surface area contributed by atoms with E-state index in [9.17, 15) is 18.0 Å². The molecule has 0 aliphatic heterocycles. The van der Waals surface area contributed by atoms with E-state index in [2.05, 4.69) is 5.32 Å². The van der Waals surface area contributed by atoms with E-state index in [1.807, 2.05) is 0 Å². The van der Waals surface area contributed by atoms with E-state index in [1.165, 1.54) is 24.7 Å². The second-order valence-electron chi connectivity index (χ2n) is 6.98. The Morgan fingerprint density at radius 3 is 2.43 bits per heavy atom. The first-order valence-corrected chi connectivity index (χ1v) is 12.0. The number of rotatable bonds is 5. The number of sulfone groups is 1. The number of aryl methyl sites for hydroxylation is 1. The summed E-state index contributed by atoms with van der Waals surface area (Å²) in [6, 6.07) is 6.43. The van der Waals surface area contributed by atoms with Gasteiger partial charge in [0.15, 0.2) is 9.84 Å². The lowest BCUT2D eigenvalue weighted by Gasteiger charge is -2.08. The summed E-state index contributed by atoms with van der Waals surface area (Å²) in [5.74, 6) is -0.843. The normalized spacial score (nSPS) is 14.1. The van der Waals surface area contributed by atoms with Crippen molar-refractivity contribution in [3.05, 3.63) is 51.4 Å². The van der Waals surface area contributed by atoms with E-state index in [1.54, 1.807) is 24.3 Å². The van der Waals surface area contributed by atoms with Crippen LogP contribution in [0.5, 0.6) is 0 Å². The van der Waals surface area contributed by atoms with Crippen LogP contribution >= 0.6 is 11.3 Å². The molecule has 0 bridgehead atoms. The summed E-state index contributed by atoms with van der Waals surface area (Å²) in [5, 5.41) is 3.37. The average molecular weight is 422 g/mol. The van der Waals surface area contributed by atoms with E-state index in [0.717, 1.165) is 42.5 Å². The van der Waals surface area contributed by atoms with Crippen molar-refractivity contribution in [3.63, 3.8) is 0 Å². The number of hydrogen-bond donors (Lipinski definition) is 1. The maximum Gasteiger partial charge on any atom is 0.341 e. The van der Waals surface area contributed by atoms with Crippen LogP contribution in [0.4, 0.5) is 5.00 Å². The van der Waals surface area contributed by atoms with Crippen LogP contribution in [0.3, 0.4) is 0 Å². The number of carbonyl (C=O) groups is 2. The lowest BCUT2D eigenvalue weighted by atomic mass is 10.1. The number of benzene rings is 1. The third-order valence-corrected chi connectivity index (χ3v) is 6.75. The summed E-state index contributed by atoms with van der Waals surface area (Å²) >= 11 is 1.44. The molecule has 0 fully saturated rings. The Labute approximate surface area is 168 Å². The third kappa shape index (κ3) is 4.80. The maximum atomic E-state index is 12.7. The predicted octanol–water partition coefficient (Wildman–Crippen LogP) is 3.60. The predicted molar refractivity (Wildman–Crippen MR) is 110 cm³/mol. The summed E-state index contributed by atoms with van der Waals surface area (Å²) in [5.41, 5.74) is 2.48. The lowest BCUT2D eigenvalue weighted by Crippen LogP contribution is -2.14. The van der Waals surface area contributed by atoms with Gasteiger partial charge in [-0.25, -0.2) is 13.2 Å². The van der Waals surface area contributed by atoms with Gasteiger partial charge >= 0.3 is 5.97 Å². The highest BCUT2D eigenvalue weighted by Gasteiger charge is 2.26. The minimum atomic E-state index is -3.13. The zero-order valence-electron chi connectivity index (χ0n) is 15.9. The molecule has 0 spiro atoms. The molecule has 1 amide bonds. The lowest BCUT2D eigenvalue weighted by molar-refractivity contribution is 0.0601. The molecule has 1 heterocycles. The molecule has 0 unspecified atom stereocenters. The molecule has 0 radical (unpaired) electrons. The zero-order chi connectivity index (χ0) is 20.3. The Morgan fingerprint density at radius 1 is 1.11 bits per heavy atom. The maximum absolute atomic E-state index is 12.7. The third-order valence-electron chi connectivity index (χ3n) is 4.68. The number of methoxy groups -OCH3 is 1. The molecule has 1 aromatic heterocycles. The van der Waals surface area contributed by atoms with Gasteiger partial charge in [0.05, 0.1) is 18.4 Å². The Balaban J connectivity index is 1.85. The largest absolute Gasteiger partial charge is 0.465 e. The van der Waals surface area contributed by atoms with Crippen molar-refractivity contribution >= 4 is 38.1 Å². The molecule has 1 N–H and O–H groups in total. The number of hydrogen-bond acceptors (Lipinski definition) is 6. The first-order chi connectivity index (χ1) is 13.3. The molecule has 150 valence electrons. The quantitative estimate of drug-likeness (QED) is 0.588. The average Bonchev–Trinajstić information content (AvgIpc) is 2.81. The first kappa shape index (κ1) is 20.5. The van der Waals surface area contributed by atoms with Crippen molar-refractivity contribution in [3.8, 4) is 0 Å². The van der Waals surface area contributed by atoms with Gasteiger partial charge in [0.2, 0.25) is 0 Å². The molecule has 6 nitrogen and oxygen atoms in total. The molecular weight excluding hydrogens is 398 g/mol. The van der Waals surface area contributed by atoms with Crippen molar-refractivity contribution in [2.75, 3.05) is 18.7 Å². The number of anilines is 1. The highest BCUT2D eigenvalue weighted by Crippen LogP contribution is 2.38. The van der Waals surface area contributed by atoms with Crippen LogP contribution in [-0.4, -0.2) is 33.7 Å². The Kier molecular flexibility index (Phi) is 6.20. The summed E-state index contributed by atoms with van der Waals surface area (Å²) in [6.07, 6.45) is 6.10. The topological polar surface area (TPSA) is 89.5 Å². The van der Waals surface area contributed by atoms with Crippen LogP contribution in [-0.2, 0) is 33.2 Å². The molecule has 1 aromatic carbocycles. The van der Waals surface area contributed by atoms with Gasteiger partial charge in [-0.3, -0.25) is 4.79 Å². The Bertz CT molecular complexity index is 990. The van der Waals surface area contributed by atoms with Gasteiger partial charge in [0.1, 0.15) is 5.00 Å². The zero-order valence-corrected chi connectivity index (χ0v) is 17.5. The van der Waals surface area contributed by atoms with Gasteiger partial charge in [0, 0.05) is 16.7 Å². The molecule has 8 heteroatoms. The van der Waals surface area contributed by atoms with Crippen LogP contribution in [0, 0.1) is 0 Å². The minimum absolute atomic E-state index is 0.0704. The van der Waals surface area contributed by atoms with Gasteiger partial charge in [0.25, 0.3) is 5.91 Å². The number of fused-ring (bicyclic) bond motifs is 1. The van der Waals surface area contributed by atoms with Crippen molar-refractivity contribution < 1.29 is 22.7 Å². The first-order valence-electron chi connectivity index (χ1n) is 9.09. The van der Waals surface area contributed by atoms with Crippen LogP contribution in [0.1, 0.15) is 56.0 Å². The number of amides is 1. The fraction of sp³-hybridized carbons (Fsp3) is 0.400. The number of ether oxygens (including phenoxy) is 1. The fourth-order valence-electron chi connectivity index (χ4n) is 3.38. The van der Waals surface area contributed by atoms with Crippen molar-refractivity contribution in [1.82, 2.24) is 0 Å². The summed E-state index contributed by atoms with van der Waals surface area (Å²) < 4.78 is 27.7. The fourth-order valence-corrected chi connectivity index (χ4v) is 5.45. The number of carbonyl (C=O) groups excluding carboxylic acids is 2. The molecule has 0 saturated heterocycles. The van der Waals surface area contributed by atoms with Crippen molar-refractivity contribution in [1.29, 1.82) is 0 Å². The number of thiophene rings is 1. The minimum Gasteiger partial charge on any atom is -0.465 e. The monoisotopic (exact) mass is 421 g/mol. The highest BCUT2D eigenvalue weighted by atomic mass is 32.2. The van der Waals surface area contributed by atoms with Crippen LogP contribution < -0.4 is 5.32 Å². The van der Waals surface area contributed by atoms with Gasteiger partial charge in [-0.15, -0.1) is 11.3 Å². The Hall–Kier alpha value is -2.19. The number of esters is 1. The molecule has 2 aromatic rings. The highest BCUT2D eigenvalue weighted by molar-refractivity contribution is 7.89. The molecule has 3 rings (SSSR count). The van der Waals surface area contributed by atoms with E-state index < -0.39 is 15.8 Å². The summed E-state index contributed by atoms with van der Waals surface area (Å²) in [7, 11) is -1.79. The van der Waals surface area contributed by atoms with Crippen LogP contribution in [0.2, 0.25) is 0 Å². The van der Waals surface area contributed by atoms with E-state index in [4.69, 9.17) is 4.74 Å². The summed E-state index contributed by atoms with van der Waals surface area (Å²) in [4.78, 5) is 26.2. The van der Waals surface area contributed by atoms with Gasteiger partial charge in [-0.2, -0.15) is 0 Å². The van der Waals surface area contributed by atoms with Gasteiger partial charge < -0.3 is 10.1 Å². The standard InChI is InChI=1S/C20H23NO5S2/c1-26-20(23)17-15-6-4-3-5-7-16(15)27-19(17)21-18(22)14-10-8-13(9-11-14)12-28(2,24)25/h8-11H,3-7,12H2,1-2H3,(H,21,22). The SMILES string of the molecule is COC(=O)c1c(NC(=O)c2ccc(CS(C)(=O)=O)cc2)sc2c1CCCCC2. The van der Waals surface area contributed by atoms with Gasteiger partial charge in [-0.1, -0.05) is 18.6 Å². The second kappa shape index (κ2) is 8.45. The van der Waals surface area contributed by atoms with Crippen molar-refractivity contribution in [2.24, 2.45) is 0 Å². The molecule has 1 aliphatic carbocycles. The smallest absolute Gasteiger partial charge is 0.341 e. The van der Waals surface area contributed by atoms with Crippen molar-refractivity contribution in [2.45, 2.75) is 37.9 Å². The molecule has 1 aliphatic rings. The number of nitrogens with one attached hydrogen (secondary N) is 1. The molecule has 28 heavy (non-hydrogen) atoms. The van der Waals surface area contributed by atoms with Crippen LogP contribution in [0.25, 0.3) is 0 Å². The Morgan fingerprint density at radius 2 is 1.79 bits per heavy atom. The molecule has 0 saturated carbocycles. The van der Waals surface area contributed by atoms with E-state index in [-0.39, 0.29) is 11.7 Å². The van der Waals surface area contributed by atoms with Crippen LogP contribution in [0.15, 0.2) is 24.3 Å². The van der Waals surface area contributed by atoms with E-state index in [0.29, 0.717) is 21.7 Å². The molecule has 0 atom stereocenters. The summed E-state index contributed by atoms with van der Waals surface area (Å²) in [6.45, 7) is 0. The molecular formula is C20H23NO5S2. The second-order valence-corrected chi connectivity index (χ2v) is 10.2. The van der Waals surface area contributed by atoms with E-state index >= 15 is 0 Å².